The van der Waals surface area contributed by atoms with Gasteiger partial charge in [-0.2, -0.15) is 13.5 Å². The topological polar surface area (TPSA) is 40.5 Å². The van der Waals surface area contributed by atoms with Gasteiger partial charge in [0.2, 0.25) is 0 Å². The highest BCUT2D eigenvalue weighted by atomic mass is 32.1. The summed E-state index contributed by atoms with van der Waals surface area (Å²) in [5, 5.41) is 17.9. The maximum absolute atomic E-state index is 9.19. The van der Waals surface area contributed by atoms with Crippen LogP contribution < -0.4 is 0 Å². The fraction of sp³-hybridized carbons (Fsp3) is 1.00. The van der Waals surface area contributed by atoms with Crippen molar-refractivity contribution in [3.63, 3.8) is 0 Å². The average molecular weight is 523 g/mol. The van der Waals surface area contributed by atoms with Gasteiger partial charge in [0, 0.05) is 0 Å². The largest absolute Gasteiger partial charge is 0.393 e. The molecule has 1 unspecified atom stereocenters. The summed E-state index contributed by atoms with van der Waals surface area (Å²) in [5.74, 6) is 5.86. The van der Waals surface area contributed by atoms with E-state index < -0.39 is 5.60 Å². The predicted octanol–water partition coefficient (Wildman–Crippen LogP) is 10.5. The molecule has 0 aromatic carbocycles. The number of rotatable bonds is 8. The Morgan fingerprint density at radius 1 is 0.714 bits per heavy atom. The molecule has 220 valence electrons. The van der Waals surface area contributed by atoms with Crippen LogP contribution in [0.1, 0.15) is 156 Å². The van der Waals surface area contributed by atoms with Crippen LogP contribution in [0.15, 0.2) is 0 Å². The Morgan fingerprint density at radius 2 is 1.11 bits per heavy atom. The standard InChI is InChI=1S/C7H16O.C7H14.C6H14O.2C6H14.H2S/c1-6(2)5-7(3,4)8;1-6(2)7-4-3-5-7;1-5(2)4-6(3)7;1-5(2)6(3)4;1-4-5-6(2)3;/h6,8H,5H2,1-4H3;6-7H,3-5H2,1-2H3;5-7H,4H2,1-3H3;5-6H,1-4H3;6H,4-5H2,1-3H3;1H2. The second kappa shape index (κ2) is 27.3. The van der Waals surface area contributed by atoms with E-state index in [0.29, 0.717) is 11.8 Å². The van der Waals surface area contributed by atoms with Gasteiger partial charge in [-0.15, -0.1) is 0 Å². The normalized spacial score (nSPS) is 14.1. The quantitative estimate of drug-likeness (QED) is 0.333. The predicted molar refractivity (Wildman–Crippen MR) is 169 cm³/mol. The van der Waals surface area contributed by atoms with Gasteiger partial charge in [0.1, 0.15) is 0 Å². The van der Waals surface area contributed by atoms with Crippen molar-refractivity contribution in [3.05, 3.63) is 0 Å². The van der Waals surface area contributed by atoms with E-state index in [1.165, 1.54) is 32.1 Å². The van der Waals surface area contributed by atoms with Crippen molar-refractivity contribution in [1.82, 2.24) is 0 Å². The number of hydrogen-bond donors (Lipinski definition) is 2. The van der Waals surface area contributed by atoms with E-state index in [4.69, 9.17) is 5.11 Å². The summed E-state index contributed by atoms with van der Waals surface area (Å²) in [6, 6.07) is 0. The van der Waals surface area contributed by atoms with Crippen LogP contribution in [0.3, 0.4) is 0 Å². The highest BCUT2D eigenvalue weighted by molar-refractivity contribution is 7.59. The molecule has 1 atom stereocenters. The summed E-state index contributed by atoms with van der Waals surface area (Å²) in [4.78, 5) is 0. The Kier molecular flexibility index (Phi) is 35.3. The van der Waals surface area contributed by atoms with Crippen LogP contribution in [-0.2, 0) is 0 Å². The lowest BCUT2D eigenvalue weighted by Gasteiger charge is -2.28. The summed E-state index contributed by atoms with van der Waals surface area (Å²) in [6.07, 6.45) is 8.86. The molecule has 0 aliphatic heterocycles. The Hall–Kier alpha value is 0.270. The van der Waals surface area contributed by atoms with Crippen LogP contribution in [0.25, 0.3) is 0 Å². The third kappa shape index (κ3) is 51.7. The molecule has 2 N–H and O–H groups in total. The summed E-state index contributed by atoms with van der Waals surface area (Å²) >= 11 is 0. The van der Waals surface area contributed by atoms with E-state index in [2.05, 4.69) is 90.0 Å². The van der Waals surface area contributed by atoms with Crippen molar-refractivity contribution >= 4 is 13.5 Å². The number of hydrogen-bond acceptors (Lipinski definition) is 2. The molecule has 0 spiro atoms. The second-order valence-corrected chi connectivity index (χ2v) is 13.5. The van der Waals surface area contributed by atoms with E-state index >= 15 is 0 Å². The first-order chi connectivity index (χ1) is 15.3. The number of aliphatic hydroxyl groups excluding tert-OH is 1. The lowest BCUT2D eigenvalue weighted by atomic mass is 9.78. The SMILES string of the molecule is CC(C)C(C)C.CC(C)C1CCC1.CC(C)CC(C)(C)O.CC(C)CC(C)O.CCCC(C)C.S. The Balaban J connectivity index is -0.000000107. The monoisotopic (exact) mass is 523 g/mol. The first-order valence-corrected chi connectivity index (χ1v) is 14.7. The summed E-state index contributed by atoms with van der Waals surface area (Å²) in [5.41, 5.74) is -0.478. The minimum absolute atomic E-state index is 0. The molecule has 2 nitrogen and oxygen atoms in total. The van der Waals surface area contributed by atoms with Crippen molar-refractivity contribution in [1.29, 1.82) is 0 Å². The highest BCUT2D eigenvalue weighted by Gasteiger charge is 2.19. The molecule has 1 aliphatic carbocycles. The minimum Gasteiger partial charge on any atom is -0.393 e. The Bertz CT molecular complexity index is 364. The summed E-state index contributed by atoms with van der Waals surface area (Å²) in [6.45, 7) is 34.3. The van der Waals surface area contributed by atoms with Crippen LogP contribution in [-0.4, -0.2) is 21.9 Å². The van der Waals surface area contributed by atoms with Crippen LogP contribution in [0.5, 0.6) is 0 Å². The van der Waals surface area contributed by atoms with Crippen LogP contribution in [0.2, 0.25) is 0 Å². The molecule has 1 saturated carbocycles. The van der Waals surface area contributed by atoms with Gasteiger partial charge in [-0.1, -0.05) is 122 Å². The molecular formula is C32H74O2S. The molecule has 0 saturated heterocycles. The smallest absolute Gasteiger partial charge is 0.0594 e. The molecular weight excluding hydrogens is 448 g/mol. The molecule has 0 bridgehead atoms. The molecule has 3 heteroatoms. The van der Waals surface area contributed by atoms with Crippen LogP contribution in [0.4, 0.5) is 0 Å². The van der Waals surface area contributed by atoms with E-state index in [-0.39, 0.29) is 19.6 Å². The van der Waals surface area contributed by atoms with Gasteiger partial charge in [-0.3, -0.25) is 0 Å². The first-order valence-electron chi connectivity index (χ1n) is 14.7. The maximum Gasteiger partial charge on any atom is 0.0594 e. The van der Waals surface area contributed by atoms with Crippen molar-refractivity contribution in [3.8, 4) is 0 Å². The maximum atomic E-state index is 9.19. The first kappa shape index (κ1) is 45.2. The molecule has 0 heterocycles. The van der Waals surface area contributed by atoms with Gasteiger partial charge >= 0.3 is 0 Å². The fourth-order valence-corrected chi connectivity index (χ4v) is 3.37. The van der Waals surface area contributed by atoms with E-state index in [1.54, 1.807) is 0 Å². The van der Waals surface area contributed by atoms with Crippen molar-refractivity contribution in [2.45, 2.75) is 167 Å². The minimum atomic E-state index is -0.478. The molecule has 0 aromatic rings. The van der Waals surface area contributed by atoms with E-state index in [1.807, 2.05) is 20.8 Å². The van der Waals surface area contributed by atoms with Crippen molar-refractivity contribution in [2.75, 3.05) is 0 Å². The van der Waals surface area contributed by atoms with Gasteiger partial charge in [-0.05, 0) is 75.0 Å². The van der Waals surface area contributed by atoms with Crippen LogP contribution >= 0.6 is 13.5 Å². The molecule has 1 fully saturated rings. The van der Waals surface area contributed by atoms with Gasteiger partial charge in [0.15, 0.2) is 0 Å². The molecule has 1 aliphatic rings. The van der Waals surface area contributed by atoms with Crippen molar-refractivity contribution in [2.24, 2.45) is 41.4 Å². The van der Waals surface area contributed by atoms with Crippen molar-refractivity contribution < 1.29 is 10.2 Å². The zero-order valence-corrected chi connectivity index (χ0v) is 28.5. The average Bonchev–Trinajstić information content (AvgIpc) is 2.50. The second-order valence-electron chi connectivity index (χ2n) is 13.5. The van der Waals surface area contributed by atoms with Gasteiger partial charge in [0.05, 0.1) is 11.7 Å². The van der Waals surface area contributed by atoms with Crippen LogP contribution in [0, 0.1) is 41.4 Å². The lowest BCUT2D eigenvalue weighted by Crippen LogP contribution is -2.20. The third-order valence-corrected chi connectivity index (χ3v) is 6.01. The summed E-state index contributed by atoms with van der Waals surface area (Å²) < 4.78 is 0. The highest BCUT2D eigenvalue weighted by Crippen LogP contribution is 2.32. The zero-order valence-electron chi connectivity index (χ0n) is 27.5. The molecule has 0 amide bonds. The zero-order chi connectivity index (χ0) is 28.1. The summed E-state index contributed by atoms with van der Waals surface area (Å²) in [7, 11) is 0. The Labute approximate surface area is 232 Å². The lowest BCUT2D eigenvalue weighted by molar-refractivity contribution is 0.0578. The van der Waals surface area contributed by atoms with E-state index in [9.17, 15) is 5.11 Å². The molecule has 35 heavy (non-hydrogen) atoms. The van der Waals surface area contributed by atoms with E-state index in [0.717, 1.165) is 42.4 Å². The number of aliphatic hydroxyl groups is 2. The molecule has 1 rings (SSSR count). The molecule has 0 radical (unpaired) electrons. The Morgan fingerprint density at radius 3 is 1.11 bits per heavy atom. The van der Waals surface area contributed by atoms with Gasteiger partial charge < -0.3 is 10.2 Å². The van der Waals surface area contributed by atoms with Gasteiger partial charge in [-0.25, -0.2) is 0 Å². The fourth-order valence-electron chi connectivity index (χ4n) is 3.37. The van der Waals surface area contributed by atoms with Gasteiger partial charge in [0.25, 0.3) is 0 Å². The molecule has 0 aromatic heterocycles. The third-order valence-electron chi connectivity index (χ3n) is 6.01.